The van der Waals surface area contributed by atoms with Crippen LogP contribution in [0.4, 0.5) is 4.79 Å². The number of carbonyl (C=O) groups excluding carboxylic acids is 1. The van der Waals surface area contributed by atoms with Gasteiger partial charge in [-0.3, -0.25) is 0 Å². The van der Waals surface area contributed by atoms with E-state index in [2.05, 4.69) is 10.5 Å². The Balaban J connectivity index is 0.000000460. The first-order valence-corrected chi connectivity index (χ1v) is 7.88. The van der Waals surface area contributed by atoms with E-state index in [1.165, 1.54) is 0 Å². The van der Waals surface area contributed by atoms with Gasteiger partial charge in [-0.15, -0.1) is 0 Å². The minimum absolute atomic E-state index is 0. The van der Waals surface area contributed by atoms with E-state index >= 15 is 0 Å². The van der Waals surface area contributed by atoms with Crippen LogP contribution in [0.3, 0.4) is 0 Å². The van der Waals surface area contributed by atoms with Crippen LogP contribution < -0.4 is 11.2 Å². The molecule has 130 valence electrons. The number of nitrogens with zero attached hydrogens (tertiary/aromatic N) is 1. The van der Waals surface area contributed by atoms with Gasteiger partial charge in [-0.25, -0.2) is 10.2 Å². The van der Waals surface area contributed by atoms with Crippen LogP contribution in [0, 0.1) is 64.2 Å². The number of phenols is 1. The van der Waals surface area contributed by atoms with Gasteiger partial charge in [0.2, 0.25) is 0 Å². The van der Waals surface area contributed by atoms with Gasteiger partial charge in [-0.1, -0.05) is 19.1 Å². The van der Waals surface area contributed by atoms with Crippen LogP contribution in [-0.2, 0) is 21.7 Å². The summed E-state index contributed by atoms with van der Waals surface area (Å²) < 4.78 is 0. The summed E-state index contributed by atoms with van der Waals surface area (Å²) in [6.45, 7) is 1.87. The number of primary amides is 1. The van der Waals surface area contributed by atoms with Crippen molar-refractivity contribution in [1.29, 1.82) is 0 Å². The summed E-state index contributed by atoms with van der Waals surface area (Å²) in [5.41, 5.74) is 8.20. The number of nitrogens with one attached hydrogen (secondary N) is 1. The minimum Gasteiger partial charge on any atom is -0.507 e. The number of aromatic hydroxyl groups is 1. The number of rotatable bonds is 3. The van der Waals surface area contributed by atoms with E-state index in [0.717, 1.165) is 0 Å². The zero-order valence-electron chi connectivity index (χ0n) is 14.7. The van der Waals surface area contributed by atoms with Gasteiger partial charge in [0.05, 0.1) is 5.71 Å². The zero-order chi connectivity index (χ0) is 18.3. The standard InChI is InChI=1S/C10H13N3O2.2C5H5.Ti/c1-2-8(12-13-10(11)15)7-5-3-4-6-9(7)14;2*1-2-4-5-3-1;/h3-6,14H,2H2,1H3,(H3,11,13,15);2*1-5H;/q;;;+4/b12-8+;;;. The Morgan fingerprint density at radius 2 is 1.38 bits per heavy atom. The predicted molar refractivity (Wildman–Crippen MR) is 101 cm³/mol. The van der Waals surface area contributed by atoms with Gasteiger partial charge in [-0.05, 0) is 82.8 Å². The largest absolute Gasteiger partial charge is 4.00 e. The molecule has 0 aliphatic heterocycles. The second-order valence-corrected chi connectivity index (χ2v) is 4.83. The number of para-hydroxylation sites is 1. The molecule has 2 amide bonds. The fourth-order valence-corrected chi connectivity index (χ4v) is 1.81. The summed E-state index contributed by atoms with van der Waals surface area (Å²) in [6.07, 6.45) is 20.6. The summed E-state index contributed by atoms with van der Waals surface area (Å²) in [7, 11) is 0. The first-order valence-electron chi connectivity index (χ1n) is 7.88. The van der Waals surface area contributed by atoms with Gasteiger partial charge < -0.3 is 10.8 Å². The second kappa shape index (κ2) is 15.9. The minimum atomic E-state index is -0.726. The molecule has 6 heteroatoms. The van der Waals surface area contributed by atoms with Crippen molar-refractivity contribution in [2.45, 2.75) is 13.3 Å². The van der Waals surface area contributed by atoms with E-state index in [-0.39, 0.29) is 27.5 Å². The first kappa shape index (κ1) is 24.7. The fourth-order valence-electron chi connectivity index (χ4n) is 1.81. The van der Waals surface area contributed by atoms with Gasteiger partial charge in [-0.2, -0.15) is 5.10 Å². The number of hydrogen-bond donors (Lipinski definition) is 3. The maximum atomic E-state index is 10.5. The summed E-state index contributed by atoms with van der Waals surface area (Å²) in [4.78, 5) is 10.5. The molecule has 0 bridgehead atoms. The Morgan fingerprint density at radius 3 is 1.73 bits per heavy atom. The van der Waals surface area contributed by atoms with Crippen molar-refractivity contribution in [1.82, 2.24) is 5.43 Å². The molecule has 2 aliphatic carbocycles. The molecule has 2 fully saturated rings. The number of phenolic OH excluding ortho intramolecular Hbond substituents is 1. The topological polar surface area (TPSA) is 87.7 Å². The van der Waals surface area contributed by atoms with Crippen molar-refractivity contribution in [2.24, 2.45) is 10.8 Å². The average molecular weight is 385 g/mol. The van der Waals surface area contributed by atoms with Crippen molar-refractivity contribution in [3.8, 4) is 5.75 Å². The van der Waals surface area contributed by atoms with E-state index < -0.39 is 6.03 Å². The molecule has 3 rings (SSSR count). The zero-order valence-corrected chi connectivity index (χ0v) is 16.2. The van der Waals surface area contributed by atoms with Gasteiger partial charge in [0.15, 0.2) is 0 Å². The number of hydrogen-bond acceptors (Lipinski definition) is 3. The normalized spacial score (nSPS) is 15.7. The van der Waals surface area contributed by atoms with Crippen LogP contribution in [0.25, 0.3) is 0 Å². The van der Waals surface area contributed by atoms with E-state index in [1.54, 1.807) is 24.3 Å². The van der Waals surface area contributed by atoms with Crippen molar-refractivity contribution in [3.63, 3.8) is 0 Å². The van der Waals surface area contributed by atoms with E-state index in [0.29, 0.717) is 17.7 Å². The average Bonchev–Trinajstić information content (AvgIpc) is 3.35. The molecule has 2 saturated carbocycles. The van der Waals surface area contributed by atoms with E-state index in [9.17, 15) is 9.90 Å². The summed E-state index contributed by atoms with van der Waals surface area (Å²) >= 11 is 0. The summed E-state index contributed by atoms with van der Waals surface area (Å²) in [5, 5.41) is 13.4. The quantitative estimate of drug-likeness (QED) is 0.424. The van der Waals surface area contributed by atoms with Gasteiger partial charge in [0, 0.05) is 5.56 Å². The first-order chi connectivity index (χ1) is 12.1. The predicted octanol–water partition coefficient (Wildman–Crippen LogP) is 3.22. The number of benzene rings is 1. The molecule has 0 spiro atoms. The third-order valence-electron chi connectivity index (χ3n) is 2.96. The Hall–Kier alpha value is -1.33. The van der Waals surface area contributed by atoms with Crippen molar-refractivity contribution >= 4 is 11.7 Å². The van der Waals surface area contributed by atoms with Crippen molar-refractivity contribution in [3.05, 3.63) is 94.0 Å². The van der Waals surface area contributed by atoms with E-state index in [1.807, 2.05) is 71.1 Å². The molecule has 5 nitrogen and oxygen atoms in total. The van der Waals surface area contributed by atoms with Crippen molar-refractivity contribution < 1.29 is 31.6 Å². The van der Waals surface area contributed by atoms with Crippen LogP contribution in [0.1, 0.15) is 18.9 Å². The van der Waals surface area contributed by atoms with Crippen LogP contribution in [0.15, 0.2) is 29.4 Å². The fraction of sp³-hybridized carbons (Fsp3) is 0.100. The van der Waals surface area contributed by atoms with E-state index in [4.69, 9.17) is 5.73 Å². The summed E-state index contributed by atoms with van der Waals surface area (Å²) in [6, 6.07) is 6.06. The van der Waals surface area contributed by atoms with Crippen molar-refractivity contribution in [2.75, 3.05) is 0 Å². The van der Waals surface area contributed by atoms with Gasteiger partial charge >= 0.3 is 27.7 Å². The molecule has 0 heterocycles. The number of amides is 2. The van der Waals surface area contributed by atoms with Crippen LogP contribution in [-0.4, -0.2) is 16.8 Å². The number of carbonyl (C=O) groups is 1. The molecule has 4 N–H and O–H groups in total. The molecule has 1 aromatic rings. The molecule has 1 aromatic carbocycles. The van der Waals surface area contributed by atoms with Crippen LogP contribution >= 0.6 is 0 Å². The number of hydrazone groups is 1. The Bertz CT molecular complexity index is 502. The maximum absolute atomic E-state index is 10.5. The monoisotopic (exact) mass is 385 g/mol. The molecule has 10 radical (unpaired) electrons. The smallest absolute Gasteiger partial charge is 0.507 e. The Labute approximate surface area is 172 Å². The molecule has 26 heavy (non-hydrogen) atoms. The molecule has 0 saturated heterocycles. The molecular formula is C20H23N3O2Ti+4. The Kier molecular flexibility index (Phi) is 15.1. The van der Waals surface area contributed by atoms with Crippen LogP contribution in [0.2, 0.25) is 0 Å². The number of urea groups is 1. The molecule has 0 aromatic heterocycles. The summed E-state index contributed by atoms with van der Waals surface area (Å²) in [5.74, 6) is 0.129. The third-order valence-corrected chi connectivity index (χ3v) is 2.96. The molecule has 0 unspecified atom stereocenters. The maximum Gasteiger partial charge on any atom is 4.00 e. The molecule has 0 atom stereocenters. The van der Waals surface area contributed by atoms with Gasteiger partial charge in [0.1, 0.15) is 5.75 Å². The third kappa shape index (κ3) is 11.3. The van der Waals surface area contributed by atoms with Crippen LogP contribution in [0.5, 0.6) is 5.75 Å². The SMILES string of the molecule is CC/C(=N\NC(N)=O)c1ccccc1O.[CH]1[CH][CH][CH][CH]1.[CH]1[CH][CH][CH][CH]1.[Ti+4]. The second-order valence-electron chi connectivity index (χ2n) is 4.83. The molecular weight excluding hydrogens is 362 g/mol. The van der Waals surface area contributed by atoms with Gasteiger partial charge in [0.25, 0.3) is 0 Å². The number of nitrogens with two attached hydrogens (primary N) is 1. The molecule has 2 aliphatic rings. The Morgan fingerprint density at radius 1 is 0.962 bits per heavy atom.